The summed E-state index contributed by atoms with van der Waals surface area (Å²) in [5.74, 6) is -0.213. The molecule has 1 saturated heterocycles. The zero-order valence-electron chi connectivity index (χ0n) is 11.6. The highest BCUT2D eigenvalue weighted by molar-refractivity contribution is 7.89. The summed E-state index contributed by atoms with van der Waals surface area (Å²) in [7, 11) is -3.83. The average molecular weight is 333 g/mol. The Morgan fingerprint density at radius 3 is 2.76 bits per heavy atom. The Kier molecular flexibility index (Phi) is 4.88. The van der Waals surface area contributed by atoms with Gasteiger partial charge >= 0.3 is 0 Å². The molecule has 2 rings (SSSR count). The molecule has 21 heavy (non-hydrogen) atoms. The predicted molar refractivity (Wildman–Crippen MR) is 79.8 cm³/mol. The lowest BCUT2D eigenvalue weighted by atomic mass is 10.1. The molecule has 0 aromatic heterocycles. The monoisotopic (exact) mass is 332 g/mol. The number of aryl methyl sites for hydroxylation is 1. The number of rotatable bonds is 4. The summed E-state index contributed by atoms with van der Waals surface area (Å²) in [6.07, 6.45) is 2.02. The molecule has 3 N–H and O–H groups in total. The largest absolute Gasteiger partial charge is 0.378 e. The molecule has 1 aromatic carbocycles. The van der Waals surface area contributed by atoms with Gasteiger partial charge in [-0.3, -0.25) is 4.79 Å². The summed E-state index contributed by atoms with van der Waals surface area (Å²) in [5, 5.41) is 7.90. The lowest BCUT2D eigenvalue weighted by Crippen LogP contribution is -2.20. The Bertz CT molecular complexity index is 631. The quantitative estimate of drug-likeness (QED) is 0.878. The molecule has 0 aliphatic carbocycles. The summed E-state index contributed by atoms with van der Waals surface area (Å²) in [5.41, 5.74) is 0.930. The van der Waals surface area contributed by atoms with E-state index in [1.54, 1.807) is 6.92 Å². The number of ether oxygens (including phenoxy) is 1. The molecule has 0 saturated carbocycles. The van der Waals surface area contributed by atoms with E-state index >= 15 is 0 Å². The van der Waals surface area contributed by atoms with Gasteiger partial charge in [-0.2, -0.15) is 0 Å². The van der Waals surface area contributed by atoms with Crippen LogP contribution >= 0.6 is 11.6 Å². The van der Waals surface area contributed by atoms with Crippen molar-refractivity contribution in [2.45, 2.75) is 37.2 Å². The number of hydrogen-bond donors (Lipinski definition) is 2. The molecule has 0 bridgehead atoms. The second-order valence-corrected chi connectivity index (χ2v) is 7.00. The summed E-state index contributed by atoms with van der Waals surface area (Å²) in [6.45, 7) is 2.34. The third-order valence-electron chi connectivity index (χ3n) is 3.29. The minimum Gasteiger partial charge on any atom is -0.378 e. The summed E-state index contributed by atoms with van der Waals surface area (Å²) >= 11 is 6.04. The second-order valence-electron chi connectivity index (χ2n) is 5.03. The van der Waals surface area contributed by atoms with Crippen molar-refractivity contribution in [3.63, 3.8) is 0 Å². The zero-order chi connectivity index (χ0) is 15.6. The Labute approximate surface area is 128 Å². The maximum absolute atomic E-state index is 12.0. The molecule has 0 spiro atoms. The number of benzene rings is 1. The van der Waals surface area contributed by atoms with Gasteiger partial charge in [-0.05, 0) is 37.5 Å². The van der Waals surface area contributed by atoms with Gasteiger partial charge in [0.2, 0.25) is 15.9 Å². The Balaban J connectivity index is 2.14. The molecule has 1 aliphatic heterocycles. The van der Waals surface area contributed by atoms with E-state index < -0.39 is 10.0 Å². The van der Waals surface area contributed by atoms with Crippen molar-refractivity contribution in [3.8, 4) is 0 Å². The van der Waals surface area contributed by atoms with E-state index in [0.717, 1.165) is 12.8 Å². The molecular weight excluding hydrogens is 316 g/mol. The first kappa shape index (κ1) is 16.2. The van der Waals surface area contributed by atoms with Gasteiger partial charge in [0.05, 0.1) is 28.1 Å². The molecule has 1 aliphatic rings. The predicted octanol–water partition coefficient (Wildman–Crippen LogP) is 1.80. The maximum atomic E-state index is 12.0. The first-order valence-electron chi connectivity index (χ1n) is 6.52. The number of primary sulfonamides is 1. The Morgan fingerprint density at radius 2 is 2.24 bits per heavy atom. The summed E-state index contributed by atoms with van der Waals surface area (Å²) in [6, 6.07) is 2.61. The van der Waals surface area contributed by atoms with Crippen molar-refractivity contribution >= 4 is 33.2 Å². The van der Waals surface area contributed by atoms with Gasteiger partial charge in [0.1, 0.15) is 0 Å². The standard InChI is InChI=1S/C13H17ClN2O4S/c1-8-5-10(21(15,18)19)7-11(14)13(8)16-12(17)6-9-3-2-4-20-9/h5,7,9H,2-4,6H2,1H3,(H,16,17)(H2,15,18,19). The second kappa shape index (κ2) is 6.31. The van der Waals surface area contributed by atoms with Crippen molar-refractivity contribution < 1.29 is 17.9 Å². The van der Waals surface area contributed by atoms with Crippen LogP contribution in [0.5, 0.6) is 0 Å². The van der Waals surface area contributed by atoms with Crippen LogP contribution in [-0.2, 0) is 19.6 Å². The van der Waals surface area contributed by atoms with Crippen LogP contribution in [0.2, 0.25) is 5.02 Å². The molecule has 1 amide bonds. The Morgan fingerprint density at radius 1 is 1.52 bits per heavy atom. The van der Waals surface area contributed by atoms with Crippen molar-refractivity contribution in [2.24, 2.45) is 5.14 Å². The number of carbonyl (C=O) groups excluding carboxylic acids is 1. The smallest absolute Gasteiger partial charge is 0.238 e. The van der Waals surface area contributed by atoms with E-state index in [-0.39, 0.29) is 28.4 Å². The first-order valence-corrected chi connectivity index (χ1v) is 8.44. The third kappa shape index (κ3) is 4.16. The van der Waals surface area contributed by atoms with Crippen molar-refractivity contribution in [1.82, 2.24) is 0 Å². The van der Waals surface area contributed by atoms with E-state index in [4.69, 9.17) is 21.5 Å². The summed E-state index contributed by atoms with van der Waals surface area (Å²) in [4.78, 5) is 11.9. The topological polar surface area (TPSA) is 98.5 Å². The molecule has 1 aromatic rings. The van der Waals surface area contributed by atoms with Crippen LogP contribution in [0.25, 0.3) is 0 Å². The molecular formula is C13H17ClN2O4S. The van der Waals surface area contributed by atoms with Gasteiger partial charge in [-0.25, -0.2) is 13.6 Å². The van der Waals surface area contributed by atoms with Crippen LogP contribution in [0.1, 0.15) is 24.8 Å². The number of sulfonamides is 1. The van der Waals surface area contributed by atoms with E-state index in [1.807, 2.05) is 0 Å². The highest BCUT2D eigenvalue weighted by atomic mass is 35.5. The lowest BCUT2D eigenvalue weighted by Gasteiger charge is -2.14. The van der Waals surface area contributed by atoms with E-state index in [1.165, 1.54) is 12.1 Å². The van der Waals surface area contributed by atoms with Gasteiger partial charge in [-0.1, -0.05) is 11.6 Å². The van der Waals surface area contributed by atoms with Gasteiger partial charge in [0.25, 0.3) is 0 Å². The molecule has 1 heterocycles. The van der Waals surface area contributed by atoms with E-state index in [0.29, 0.717) is 17.9 Å². The fourth-order valence-corrected chi connectivity index (χ4v) is 3.24. The van der Waals surface area contributed by atoms with Crippen LogP contribution in [-0.4, -0.2) is 27.0 Å². The van der Waals surface area contributed by atoms with Crippen LogP contribution in [0.4, 0.5) is 5.69 Å². The highest BCUT2D eigenvalue weighted by Crippen LogP contribution is 2.29. The average Bonchev–Trinajstić information content (AvgIpc) is 2.85. The van der Waals surface area contributed by atoms with Crippen molar-refractivity contribution in [2.75, 3.05) is 11.9 Å². The van der Waals surface area contributed by atoms with Gasteiger partial charge in [0, 0.05) is 6.61 Å². The summed E-state index contributed by atoms with van der Waals surface area (Å²) < 4.78 is 28.0. The number of nitrogens with two attached hydrogens (primary N) is 1. The molecule has 8 heteroatoms. The van der Waals surface area contributed by atoms with Crippen LogP contribution in [0.15, 0.2) is 17.0 Å². The maximum Gasteiger partial charge on any atom is 0.238 e. The minimum absolute atomic E-state index is 0.0622. The Hall–Kier alpha value is -1.15. The third-order valence-corrected chi connectivity index (χ3v) is 4.48. The molecule has 116 valence electrons. The van der Waals surface area contributed by atoms with Crippen molar-refractivity contribution in [1.29, 1.82) is 0 Å². The number of nitrogens with one attached hydrogen (secondary N) is 1. The highest BCUT2D eigenvalue weighted by Gasteiger charge is 2.21. The van der Waals surface area contributed by atoms with Crippen LogP contribution in [0, 0.1) is 6.92 Å². The van der Waals surface area contributed by atoms with E-state index in [2.05, 4.69) is 5.32 Å². The van der Waals surface area contributed by atoms with Crippen LogP contribution in [0.3, 0.4) is 0 Å². The molecule has 0 radical (unpaired) electrons. The number of amides is 1. The number of halogens is 1. The molecule has 1 fully saturated rings. The van der Waals surface area contributed by atoms with Gasteiger partial charge < -0.3 is 10.1 Å². The van der Waals surface area contributed by atoms with Gasteiger partial charge in [-0.15, -0.1) is 0 Å². The zero-order valence-corrected chi connectivity index (χ0v) is 13.1. The normalized spacial score (nSPS) is 18.7. The molecule has 1 unspecified atom stereocenters. The van der Waals surface area contributed by atoms with Crippen LogP contribution < -0.4 is 10.5 Å². The van der Waals surface area contributed by atoms with Crippen molar-refractivity contribution in [3.05, 3.63) is 22.7 Å². The number of hydrogen-bond acceptors (Lipinski definition) is 4. The fraction of sp³-hybridized carbons (Fsp3) is 0.462. The molecule has 1 atom stereocenters. The van der Waals surface area contributed by atoms with E-state index in [9.17, 15) is 13.2 Å². The SMILES string of the molecule is Cc1cc(S(N)(=O)=O)cc(Cl)c1NC(=O)CC1CCCO1. The fourth-order valence-electron chi connectivity index (χ4n) is 2.24. The number of carbonyl (C=O) groups is 1. The first-order chi connectivity index (χ1) is 9.77. The molecule has 6 nitrogen and oxygen atoms in total. The lowest BCUT2D eigenvalue weighted by molar-refractivity contribution is -0.118. The minimum atomic E-state index is -3.83. The van der Waals surface area contributed by atoms with Gasteiger partial charge in [0.15, 0.2) is 0 Å². The number of anilines is 1.